The lowest BCUT2D eigenvalue weighted by molar-refractivity contribution is -0.390. The second-order valence-corrected chi connectivity index (χ2v) is 4.05. The van der Waals surface area contributed by atoms with E-state index in [0.717, 1.165) is 0 Å². The van der Waals surface area contributed by atoms with Crippen molar-refractivity contribution in [1.82, 2.24) is 10.4 Å². The van der Waals surface area contributed by atoms with Crippen LogP contribution < -0.4 is 16.0 Å². The monoisotopic (exact) mass is 292 g/mol. The Morgan fingerprint density at radius 3 is 2.95 bits per heavy atom. The third-order valence-corrected chi connectivity index (χ3v) is 2.63. The third kappa shape index (κ3) is 3.15. The van der Waals surface area contributed by atoms with E-state index in [1.165, 1.54) is 18.4 Å². The van der Waals surface area contributed by atoms with Crippen LogP contribution in [0.2, 0.25) is 0 Å². The van der Waals surface area contributed by atoms with Gasteiger partial charge in [-0.2, -0.15) is 0 Å². The lowest BCUT2D eigenvalue weighted by Gasteiger charge is -2.06. The van der Waals surface area contributed by atoms with Crippen LogP contribution in [0.5, 0.6) is 5.75 Å². The second-order valence-electron chi connectivity index (χ2n) is 4.05. The summed E-state index contributed by atoms with van der Waals surface area (Å²) in [4.78, 5) is 25.5. The highest BCUT2D eigenvalue weighted by molar-refractivity contribution is 5.94. The third-order valence-electron chi connectivity index (χ3n) is 2.63. The Balaban J connectivity index is 2.19. The lowest BCUT2D eigenvalue weighted by Crippen LogP contribution is -2.30. The van der Waals surface area contributed by atoms with Crippen LogP contribution in [0.3, 0.4) is 0 Å². The molecule has 9 heteroatoms. The standard InChI is InChI=1S/C12H12N4O5/c1-7-2-3-9(11(14-7)16(18)19)21-6-10-8(4-5-20-10)12(17)15-13/h2-5H,6,13H2,1H3,(H,15,17). The molecule has 0 aromatic carbocycles. The summed E-state index contributed by atoms with van der Waals surface area (Å²) in [5, 5.41) is 10.9. The van der Waals surface area contributed by atoms with E-state index in [0.29, 0.717) is 5.69 Å². The summed E-state index contributed by atoms with van der Waals surface area (Å²) in [5.74, 6) is 4.29. The quantitative estimate of drug-likeness (QED) is 0.364. The Labute approximate surface area is 118 Å². The van der Waals surface area contributed by atoms with Gasteiger partial charge < -0.3 is 19.3 Å². The Morgan fingerprint density at radius 1 is 1.52 bits per heavy atom. The van der Waals surface area contributed by atoms with Crippen molar-refractivity contribution in [3.05, 3.63) is 51.6 Å². The number of aryl methyl sites for hydroxylation is 1. The van der Waals surface area contributed by atoms with Gasteiger partial charge in [-0.3, -0.25) is 10.2 Å². The van der Waals surface area contributed by atoms with Gasteiger partial charge in [-0.25, -0.2) is 5.84 Å². The molecule has 0 saturated carbocycles. The molecular formula is C12H12N4O5. The van der Waals surface area contributed by atoms with Gasteiger partial charge in [0.2, 0.25) is 5.75 Å². The number of pyridine rings is 1. The van der Waals surface area contributed by atoms with Gasteiger partial charge in [0.25, 0.3) is 5.91 Å². The van der Waals surface area contributed by atoms with Crippen molar-refractivity contribution in [2.75, 3.05) is 0 Å². The summed E-state index contributed by atoms with van der Waals surface area (Å²) in [7, 11) is 0. The maximum absolute atomic E-state index is 11.5. The molecule has 0 unspecified atom stereocenters. The zero-order valence-corrected chi connectivity index (χ0v) is 11.0. The number of amides is 1. The van der Waals surface area contributed by atoms with Gasteiger partial charge in [-0.1, -0.05) is 0 Å². The maximum Gasteiger partial charge on any atom is 0.406 e. The summed E-state index contributed by atoms with van der Waals surface area (Å²) >= 11 is 0. The van der Waals surface area contributed by atoms with Gasteiger partial charge in [0, 0.05) is 6.92 Å². The second kappa shape index (κ2) is 6.01. The zero-order valence-electron chi connectivity index (χ0n) is 11.0. The number of nitrogen functional groups attached to an aromatic ring is 1. The van der Waals surface area contributed by atoms with Crippen molar-refractivity contribution in [1.29, 1.82) is 0 Å². The Kier molecular flexibility index (Phi) is 4.14. The van der Waals surface area contributed by atoms with Crippen molar-refractivity contribution in [3.8, 4) is 5.75 Å². The van der Waals surface area contributed by atoms with Crippen LogP contribution >= 0.6 is 0 Å². The minimum atomic E-state index is -0.641. The van der Waals surface area contributed by atoms with E-state index in [4.69, 9.17) is 15.0 Å². The van der Waals surface area contributed by atoms with Crippen LogP contribution in [0, 0.1) is 17.0 Å². The molecule has 0 aliphatic rings. The fraction of sp³-hybridized carbons (Fsp3) is 0.167. The molecule has 0 spiro atoms. The highest BCUT2D eigenvalue weighted by Crippen LogP contribution is 2.25. The molecule has 2 aromatic rings. The van der Waals surface area contributed by atoms with E-state index in [2.05, 4.69) is 4.98 Å². The van der Waals surface area contributed by atoms with E-state index in [9.17, 15) is 14.9 Å². The number of hydrogen-bond acceptors (Lipinski definition) is 7. The highest BCUT2D eigenvalue weighted by atomic mass is 16.6. The molecule has 0 atom stereocenters. The van der Waals surface area contributed by atoms with E-state index >= 15 is 0 Å². The van der Waals surface area contributed by atoms with Gasteiger partial charge >= 0.3 is 5.82 Å². The largest absolute Gasteiger partial charge is 0.477 e. The number of aromatic nitrogens is 1. The van der Waals surface area contributed by atoms with Gasteiger partial charge in [0.05, 0.1) is 11.8 Å². The summed E-state index contributed by atoms with van der Waals surface area (Å²) in [6, 6.07) is 4.44. The number of nitro groups is 1. The molecule has 0 radical (unpaired) electrons. The van der Waals surface area contributed by atoms with E-state index in [-0.39, 0.29) is 23.7 Å². The van der Waals surface area contributed by atoms with Crippen molar-refractivity contribution in [3.63, 3.8) is 0 Å². The predicted molar refractivity (Wildman–Crippen MR) is 70.3 cm³/mol. The van der Waals surface area contributed by atoms with Crippen molar-refractivity contribution in [2.24, 2.45) is 5.84 Å². The highest BCUT2D eigenvalue weighted by Gasteiger charge is 2.20. The first-order valence-electron chi connectivity index (χ1n) is 5.85. The number of hydrogen-bond donors (Lipinski definition) is 2. The van der Waals surface area contributed by atoms with Crippen LogP contribution in [0.4, 0.5) is 5.82 Å². The SMILES string of the molecule is Cc1ccc(OCc2occc2C(=O)NN)c([N+](=O)[O-])n1. The number of rotatable bonds is 5. The van der Waals surface area contributed by atoms with Crippen LogP contribution in [0.1, 0.15) is 21.8 Å². The average Bonchev–Trinajstić information content (AvgIpc) is 2.93. The number of nitrogens with zero attached hydrogens (tertiary/aromatic N) is 2. The molecule has 2 aromatic heterocycles. The van der Waals surface area contributed by atoms with Crippen LogP contribution in [0.25, 0.3) is 0 Å². The fourth-order valence-corrected chi connectivity index (χ4v) is 1.65. The minimum Gasteiger partial charge on any atom is -0.477 e. The van der Waals surface area contributed by atoms with Gasteiger partial charge in [0.15, 0.2) is 5.76 Å². The van der Waals surface area contributed by atoms with Crippen LogP contribution in [0.15, 0.2) is 28.9 Å². The zero-order chi connectivity index (χ0) is 15.4. The lowest BCUT2D eigenvalue weighted by atomic mass is 10.2. The number of hydrazine groups is 1. The molecule has 9 nitrogen and oxygen atoms in total. The maximum atomic E-state index is 11.5. The molecule has 1 amide bonds. The van der Waals surface area contributed by atoms with E-state index in [1.807, 2.05) is 5.43 Å². The van der Waals surface area contributed by atoms with E-state index in [1.54, 1.807) is 13.0 Å². The topological polar surface area (TPSA) is 134 Å². The smallest absolute Gasteiger partial charge is 0.406 e. The molecule has 21 heavy (non-hydrogen) atoms. The first kappa shape index (κ1) is 14.5. The van der Waals surface area contributed by atoms with Crippen LogP contribution in [-0.2, 0) is 6.61 Å². The van der Waals surface area contributed by atoms with Gasteiger partial charge in [-0.05, 0) is 28.1 Å². The Hall–Kier alpha value is -2.94. The molecular weight excluding hydrogens is 280 g/mol. The summed E-state index contributed by atoms with van der Waals surface area (Å²) in [5.41, 5.74) is 2.66. The number of carbonyl (C=O) groups is 1. The summed E-state index contributed by atoms with van der Waals surface area (Å²) < 4.78 is 10.4. The Morgan fingerprint density at radius 2 is 2.29 bits per heavy atom. The Bertz CT molecular complexity index is 682. The van der Waals surface area contributed by atoms with Gasteiger partial charge in [-0.15, -0.1) is 0 Å². The molecule has 2 rings (SSSR count). The first-order valence-corrected chi connectivity index (χ1v) is 5.85. The number of carbonyl (C=O) groups excluding carboxylic acids is 1. The number of nitrogens with one attached hydrogen (secondary N) is 1. The van der Waals surface area contributed by atoms with Crippen LogP contribution in [-0.4, -0.2) is 15.8 Å². The van der Waals surface area contributed by atoms with E-state index < -0.39 is 16.6 Å². The molecule has 0 aliphatic carbocycles. The number of furan rings is 1. The summed E-state index contributed by atoms with van der Waals surface area (Å²) in [6.45, 7) is 1.47. The molecule has 110 valence electrons. The molecule has 3 N–H and O–H groups in total. The molecule has 0 fully saturated rings. The van der Waals surface area contributed by atoms with Crippen molar-refractivity contribution in [2.45, 2.75) is 13.5 Å². The minimum absolute atomic E-state index is 0.0129. The predicted octanol–water partition coefficient (Wildman–Crippen LogP) is 1.07. The molecule has 2 heterocycles. The van der Waals surface area contributed by atoms with Crippen molar-refractivity contribution < 1.29 is 18.9 Å². The average molecular weight is 292 g/mol. The first-order chi connectivity index (χ1) is 10.0. The summed E-state index contributed by atoms with van der Waals surface area (Å²) in [6.07, 6.45) is 1.30. The number of nitrogens with two attached hydrogens (primary N) is 1. The molecule has 0 bridgehead atoms. The normalized spacial score (nSPS) is 10.2. The fourth-order valence-electron chi connectivity index (χ4n) is 1.65. The molecule has 0 saturated heterocycles. The molecule has 0 aliphatic heterocycles. The van der Waals surface area contributed by atoms with Gasteiger partial charge in [0.1, 0.15) is 12.3 Å². The number of ether oxygens (including phenoxy) is 1. The van der Waals surface area contributed by atoms with Crippen molar-refractivity contribution >= 4 is 11.7 Å².